The van der Waals surface area contributed by atoms with Crippen LogP contribution in [0.1, 0.15) is 117 Å². The Morgan fingerprint density at radius 2 is 1.79 bits per heavy atom. The molecule has 2 aliphatic carbocycles. The van der Waals surface area contributed by atoms with Gasteiger partial charge in [0.25, 0.3) is 5.91 Å². The van der Waals surface area contributed by atoms with E-state index in [1.54, 1.807) is 24.8 Å². The van der Waals surface area contributed by atoms with E-state index in [-0.39, 0.29) is 23.8 Å². The summed E-state index contributed by atoms with van der Waals surface area (Å²) in [6.07, 6.45) is 9.11. The second-order valence-electron chi connectivity index (χ2n) is 11.9. The van der Waals surface area contributed by atoms with Crippen molar-refractivity contribution in [2.24, 2.45) is 11.7 Å². The molecule has 0 spiro atoms. The molecule has 1 heterocycles. The van der Waals surface area contributed by atoms with Crippen LogP contribution < -0.4 is 21.9 Å². The minimum atomic E-state index is -0.585. The molecule has 5 N–H and O–H groups in total. The summed E-state index contributed by atoms with van der Waals surface area (Å²) in [6, 6.07) is 4.39. The zero-order valence-electron chi connectivity index (χ0n) is 27.9. The summed E-state index contributed by atoms with van der Waals surface area (Å²) in [6.45, 7) is 17.4. The Labute approximate surface area is 259 Å². The molecule has 2 saturated carbocycles. The lowest BCUT2D eigenvalue weighted by molar-refractivity contribution is -0.128. The number of nitrogens with zero attached hydrogens (tertiary/aromatic N) is 2. The fraction of sp³-hybridized carbons (Fsp3) is 0.647. The van der Waals surface area contributed by atoms with Crippen molar-refractivity contribution in [2.45, 2.75) is 119 Å². The highest BCUT2D eigenvalue weighted by atomic mass is 19.1. The Kier molecular flexibility index (Phi) is 15.2. The van der Waals surface area contributed by atoms with Gasteiger partial charge >= 0.3 is 6.03 Å². The monoisotopic (exact) mass is 600 g/mol. The second kappa shape index (κ2) is 18.0. The topological polar surface area (TPSA) is 103 Å². The van der Waals surface area contributed by atoms with Crippen molar-refractivity contribution >= 4 is 11.9 Å². The van der Waals surface area contributed by atoms with Crippen LogP contribution in [0.4, 0.5) is 9.18 Å². The Balaban J connectivity index is 0.000000819. The number of hydrazine groups is 1. The molecule has 0 radical (unpaired) electrons. The summed E-state index contributed by atoms with van der Waals surface area (Å²) >= 11 is 0. The summed E-state index contributed by atoms with van der Waals surface area (Å²) in [5, 5.41) is 3.01. The van der Waals surface area contributed by atoms with E-state index in [0.29, 0.717) is 24.5 Å². The lowest BCUT2D eigenvalue weighted by Gasteiger charge is -2.22. The van der Waals surface area contributed by atoms with Crippen molar-refractivity contribution in [3.05, 3.63) is 57.8 Å². The Hall–Kier alpha value is -2.91. The molecular formula is C34H57FN6O2. The molecule has 3 aliphatic rings. The number of rotatable bonds is 13. The predicted molar refractivity (Wildman–Crippen MR) is 174 cm³/mol. The van der Waals surface area contributed by atoms with Gasteiger partial charge in [0.2, 0.25) is 0 Å². The van der Waals surface area contributed by atoms with Gasteiger partial charge in [0.05, 0.1) is 12.4 Å². The van der Waals surface area contributed by atoms with Crippen LogP contribution >= 0.6 is 0 Å². The third kappa shape index (κ3) is 11.6. The van der Waals surface area contributed by atoms with E-state index in [9.17, 15) is 14.0 Å². The molecule has 0 aromatic heterocycles. The number of hydrogen-bond acceptors (Lipinski definition) is 6. The fourth-order valence-electron chi connectivity index (χ4n) is 4.70. The third-order valence-corrected chi connectivity index (χ3v) is 7.99. The molecule has 0 bridgehead atoms. The predicted octanol–water partition coefficient (Wildman–Crippen LogP) is 6.79. The van der Waals surface area contributed by atoms with E-state index in [1.165, 1.54) is 35.8 Å². The van der Waals surface area contributed by atoms with E-state index in [4.69, 9.17) is 5.73 Å². The van der Waals surface area contributed by atoms with E-state index >= 15 is 0 Å². The van der Waals surface area contributed by atoms with Crippen LogP contribution in [0.2, 0.25) is 0 Å². The molecule has 3 amide bonds. The van der Waals surface area contributed by atoms with E-state index in [0.717, 1.165) is 61.4 Å². The maximum absolute atomic E-state index is 13.5. The summed E-state index contributed by atoms with van der Waals surface area (Å²) in [5.74, 6) is 1.14. The average molecular weight is 601 g/mol. The van der Waals surface area contributed by atoms with Crippen molar-refractivity contribution in [3.8, 4) is 0 Å². The number of halogens is 1. The first-order valence-electron chi connectivity index (χ1n) is 16.3. The third-order valence-electron chi connectivity index (χ3n) is 7.99. The van der Waals surface area contributed by atoms with Gasteiger partial charge in [-0.05, 0) is 94.6 Å². The number of hydrogen-bond donors (Lipinski definition) is 4. The first kappa shape index (κ1) is 36.3. The standard InChI is InChI=1S/C27H41FN6O2.C5H10.C2H6/c1-17(2)25(29)31-20(5)26(35)34-24(21-9-10-21)16-33(27(34)36)14-8-6-7-13-30-32-19(4)22-11-12-23(28)18(3)15-22;1-2-5-3-4-5;1-2/h11-12,15,19-20,30-32H,6-10,13-14,16,29H2,1-5H3;5H,2-4H2,1H3;1-2H3. The SMILES string of the molecule is CC.CC(C)=C(N)NC(C)C(=O)N1C(=O)N(CCCCCNNC(C)c2ccc(F)c(C)c2)CC1=C1CC1.CCC1CC1. The molecule has 1 aromatic rings. The molecule has 1 aromatic carbocycles. The number of nitrogens with one attached hydrogen (secondary N) is 3. The van der Waals surface area contributed by atoms with Crippen molar-refractivity contribution in [1.29, 1.82) is 0 Å². The number of amides is 3. The van der Waals surface area contributed by atoms with Crippen LogP contribution in [0.25, 0.3) is 0 Å². The molecule has 8 nitrogen and oxygen atoms in total. The molecule has 3 fully saturated rings. The van der Waals surface area contributed by atoms with Gasteiger partial charge < -0.3 is 16.0 Å². The highest BCUT2D eigenvalue weighted by molar-refractivity contribution is 6.01. The van der Waals surface area contributed by atoms with Crippen LogP contribution in [0.3, 0.4) is 0 Å². The van der Waals surface area contributed by atoms with Crippen molar-refractivity contribution in [2.75, 3.05) is 19.6 Å². The Morgan fingerprint density at radius 3 is 2.33 bits per heavy atom. The number of imide groups is 1. The van der Waals surface area contributed by atoms with Gasteiger partial charge in [0.1, 0.15) is 11.9 Å². The highest BCUT2D eigenvalue weighted by Gasteiger charge is 2.42. The van der Waals surface area contributed by atoms with Crippen molar-refractivity contribution in [3.63, 3.8) is 0 Å². The van der Waals surface area contributed by atoms with Gasteiger partial charge in [-0.15, -0.1) is 0 Å². The molecule has 43 heavy (non-hydrogen) atoms. The molecule has 2 unspecified atom stereocenters. The zero-order chi connectivity index (χ0) is 32.1. The van der Waals surface area contributed by atoms with Crippen molar-refractivity contribution < 1.29 is 14.0 Å². The number of benzene rings is 1. The first-order valence-corrected chi connectivity index (χ1v) is 16.3. The molecule has 2 atom stereocenters. The van der Waals surface area contributed by atoms with Gasteiger partial charge in [-0.3, -0.25) is 15.6 Å². The number of aryl methyl sites for hydroxylation is 1. The lowest BCUT2D eigenvalue weighted by Crippen LogP contribution is -2.47. The normalized spacial score (nSPS) is 17.0. The van der Waals surface area contributed by atoms with Gasteiger partial charge in [0.15, 0.2) is 0 Å². The van der Waals surface area contributed by atoms with Crippen molar-refractivity contribution in [1.82, 2.24) is 26.0 Å². The van der Waals surface area contributed by atoms with Crippen LogP contribution in [-0.2, 0) is 4.79 Å². The Bertz CT molecular complexity index is 1120. The lowest BCUT2D eigenvalue weighted by atomic mass is 10.1. The molecular weight excluding hydrogens is 543 g/mol. The summed E-state index contributed by atoms with van der Waals surface area (Å²) in [7, 11) is 0. The van der Waals surface area contributed by atoms with Gasteiger partial charge in [-0.1, -0.05) is 58.6 Å². The van der Waals surface area contributed by atoms with Gasteiger partial charge in [-0.25, -0.2) is 14.1 Å². The highest BCUT2D eigenvalue weighted by Crippen LogP contribution is 2.37. The maximum Gasteiger partial charge on any atom is 0.331 e. The van der Waals surface area contributed by atoms with Crippen LogP contribution in [-0.4, -0.2) is 47.4 Å². The van der Waals surface area contributed by atoms with E-state index < -0.39 is 6.04 Å². The molecule has 1 saturated heterocycles. The number of unbranched alkanes of at least 4 members (excludes halogenated alkanes) is 2. The quantitative estimate of drug-likeness (QED) is 0.147. The summed E-state index contributed by atoms with van der Waals surface area (Å²) < 4.78 is 13.5. The van der Waals surface area contributed by atoms with Crippen LogP contribution in [0, 0.1) is 18.7 Å². The first-order chi connectivity index (χ1) is 20.5. The smallest absolute Gasteiger partial charge is 0.331 e. The van der Waals surface area contributed by atoms with E-state index in [2.05, 4.69) is 23.1 Å². The second-order valence-corrected chi connectivity index (χ2v) is 11.9. The molecule has 9 heteroatoms. The number of nitrogens with two attached hydrogens (primary N) is 1. The largest absolute Gasteiger partial charge is 0.386 e. The molecule has 4 rings (SSSR count). The van der Waals surface area contributed by atoms with Gasteiger partial charge in [0, 0.05) is 24.8 Å². The van der Waals surface area contributed by atoms with Crippen LogP contribution in [0.15, 0.2) is 40.9 Å². The summed E-state index contributed by atoms with van der Waals surface area (Å²) in [5.41, 5.74) is 17.1. The summed E-state index contributed by atoms with van der Waals surface area (Å²) in [4.78, 5) is 29.4. The Morgan fingerprint density at radius 1 is 1.12 bits per heavy atom. The molecule has 242 valence electrons. The van der Waals surface area contributed by atoms with Gasteiger partial charge in [-0.2, -0.15) is 0 Å². The van der Waals surface area contributed by atoms with Crippen LogP contribution in [0.5, 0.6) is 0 Å². The minimum Gasteiger partial charge on any atom is -0.386 e. The fourth-order valence-corrected chi connectivity index (χ4v) is 4.70. The molecule has 1 aliphatic heterocycles. The number of urea groups is 1. The number of carbonyl (C=O) groups excluding carboxylic acids is 2. The average Bonchev–Trinajstić information content (AvgIpc) is 3.93. The minimum absolute atomic E-state index is 0.0629. The van der Waals surface area contributed by atoms with E-state index in [1.807, 2.05) is 40.7 Å². The zero-order valence-corrected chi connectivity index (χ0v) is 27.9. The number of carbonyl (C=O) groups is 2. The number of allylic oxidation sites excluding steroid dienone is 2. The maximum atomic E-state index is 13.5.